The molecular weight excluding hydrogens is 406 g/mol. The maximum Gasteiger partial charge on any atom is 0.280 e. The molecule has 30 heavy (non-hydrogen) atoms. The molecule has 0 saturated carbocycles. The van der Waals surface area contributed by atoms with Crippen LogP contribution >= 0.6 is 11.3 Å². The normalized spacial score (nSPS) is 11.4. The highest BCUT2D eigenvalue weighted by atomic mass is 32.1. The number of nitro groups is 1. The minimum absolute atomic E-state index is 0.0640. The van der Waals surface area contributed by atoms with Crippen LogP contribution in [0.4, 0.5) is 5.69 Å². The lowest BCUT2D eigenvalue weighted by atomic mass is 9.95. The number of rotatable bonds is 3. The molecule has 0 fully saturated rings. The minimum atomic E-state index is -0.656. The predicted octanol–water partition coefficient (Wildman–Crippen LogP) is 3.59. The fourth-order valence-corrected chi connectivity index (χ4v) is 4.02. The van der Waals surface area contributed by atoms with Crippen molar-refractivity contribution < 1.29 is 14.5 Å². The molecule has 0 radical (unpaired) electrons. The van der Waals surface area contributed by atoms with E-state index in [4.69, 9.17) is 0 Å². The molecule has 0 spiro atoms. The summed E-state index contributed by atoms with van der Waals surface area (Å²) in [6, 6.07) is 5.25. The highest BCUT2D eigenvalue weighted by Crippen LogP contribution is 2.33. The summed E-state index contributed by atoms with van der Waals surface area (Å²) in [6.45, 7) is 9.75. The first-order valence-corrected chi connectivity index (χ1v) is 9.94. The molecule has 0 atom stereocenters. The van der Waals surface area contributed by atoms with Crippen molar-refractivity contribution in [3.05, 3.63) is 61.9 Å². The summed E-state index contributed by atoms with van der Waals surface area (Å²) in [5, 5.41) is 11.7. The second kappa shape index (κ2) is 7.79. The van der Waals surface area contributed by atoms with E-state index in [2.05, 4.69) is 20.8 Å². The highest BCUT2D eigenvalue weighted by molar-refractivity contribution is 7.20. The molecule has 9 nitrogen and oxygen atoms in total. The second-order valence-electron chi connectivity index (χ2n) is 7.83. The zero-order valence-corrected chi connectivity index (χ0v) is 18.0. The zero-order valence-electron chi connectivity index (χ0n) is 17.2. The van der Waals surface area contributed by atoms with Gasteiger partial charge in [-0.3, -0.25) is 30.6 Å². The van der Waals surface area contributed by atoms with Gasteiger partial charge in [-0.2, -0.15) is 0 Å². The van der Waals surface area contributed by atoms with Gasteiger partial charge in [-0.1, -0.05) is 26.8 Å². The lowest BCUT2D eigenvalue weighted by Crippen LogP contribution is -2.41. The Hall–Kier alpha value is -3.40. The molecule has 0 aliphatic heterocycles. The summed E-state index contributed by atoms with van der Waals surface area (Å²) >= 11 is 1.23. The lowest BCUT2D eigenvalue weighted by molar-refractivity contribution is -0.384. The first-order chi connectivity index (χ1) is 14.0. The van der Waals surface area contributed by atoms with Crippen LogP contribution in [0.2, 0.25) is 0 Å². The van der Waals surface area contributed by atoms with Crippen molar-refractivity contribution in [3.8, 4) is 0 Å². The van der Waals surface area contributed by atoms with E-state index in [1.54, 1.807) is 0 Å². The number of aryl methyl sites for hydroxylation is 2. The number of hydrazine groups is 1. The van der Waals surface area contributed by atoms with Gasteiger partial charge in [0.1, 0.15) is 10.7 Å². The number of non-ortho nitro benzene ring substituents is 1. The number of nitrogens with zero attached hydrogens (tertiary/aromatic N) is 3. The van der Waals surface area contributed by atoms with Gasteiger partial charge >= 0.3 is 0 Å². The summed E-state index contributed by atoms with van der Waals surface area (Å²) in [5.41, 5.74) is 5.81. The van der Waals surface area contributed by atoms with Crippen LogP contribution in [-0.4, -0.2) is 26.7 Å². The number of amides is 2. The Balaban J connectivity index is 1.82. The van der Waals surface area contributed by atoms with Crippen LogP contribution in [0.3, 0.4) is 0 Å². The van der Waals surface area contributed by atoms with Crippen molar-refractivity contribution >= 4 is 39.1 Å². The molecule has 0 bridgehead atoms. The zero-order chi connectivity index (χ0) is 22.2. The van der Waals surface area contributed by atoms with Crippen molar-refractivity contribution in [1.29, 1.82) is 0 Å². The van der Waals surface area contributed by atoms with Crippen molar-refractivity contribution in [1.82, 2.24) is 20.8 Å². The number of aromatic nitrogens is 2. The maximum atomic E-state index is 12.7. The number of thiophene rings is 1. The summed E-state index contributed by atoms with van der Waals surface area (Å²) in [6.07, 6.45) is 0. The Morgan fingerprint density at radius 3 is 2.40 bits per heavy atom. The number of fused-ring (bicyclic) bond motifs is 1. The average Bonchev–Trinajstić information content (AvgIpc) is 3.02. The van der Waals surface area contributed by atoms with Crippen LogP contribution in [0.25, 0.3) is 10.2 Å². The average molecular weight is 427 g/mol. The quantitative estimate of drug-likeness (QED) is 0.486. The van der Waals surface area contributed by atoms with Gasteiger partial charge in [0.2, 0.25) is 0 Å². The van der Waals surface area contributed by atoms with Gasteiger partial charge in [0, 0.05) is 28.5 Å². The third-order valence-electron chi connectivity index (χ3n) is 4.46. The van der Waals surface area contributed by atoms with Crippen molar-refractivity contribution in [2.45, 2.75) is 40.0 Å². The summed E-state index contributed by atoms with van der Waals surface area (Å²) in [5.74, 6) is -0.456. The van der Waals surface area contributed by atoms with Gasteiger partial charge in [0.15, 0.2) is 0 Å². The molecule has 0 aliphatic carbocycles. The molecule has 3 rings (SSSR count). The molecule has 2 heterocycles. The van der Waals surface area contributed by atoms with Gasteiger partial charge in [-0.05, 0) is 25.5 Å². The van der Waals surface area contributed by atoms with E-state index in [-0.39, 0.29) is 16.7 Å². The van der Waals surface area contributed by atoms with Crippen LogP contribution < -0.4 is 10.9 Å². The SMILES string of the molecule is Cc1nc(C(C)(C)C)nc2sc(C(=O)NNC(=O)c3cccc([N+](=O)[O-])c3)c(C)c12. The number of hydrogen-bond donors (Lipinski definition) is 2. The fourth-order valence-electron chi connectivity index (χ4n) is 2.89. The van der Waals surface area contributed by atoms with E-state index in [1.807, 2.05) is 34.6 Å². The van der Waals surface area contributed by atoms with Crippen molar-refractivity contribution in [2.75, 3.05) is 0 Å². The van der Waals surface area contributed by atoms with Crippen LogP contribution in [0.1, 0.15) is 57.9 Å². The van der Waals surface area contributed by atoms with E-state index in [1.165, 1.54) is 29.5 Å². The molecule has 1 aromatic carbocycles. The Bertz CT molecular complexity index is 1180. The van der Waals surface area contributed by atoms with Gasteiger partial charge in [-0.15, -0.1) is 11.3 Å². The smallest absolute Gasteiger partial charge is 0.267 e. The van der Waals surface area contributed by atoms with Gasteiger partial charge < -0.3 is 0 Å². The molecule has 0 aliphatic rings. The van der Waals surface area contributed by atoms with E-state index in [0.29, 0.717) is 15.5 Å². The summed E-state index contributed by atoms with van der Waals surface area (Å²) in [4.78, 5) is 45.5. The monoisotopic (exact) mass is 427 g/mol. The number of nitrogens with one attached hydrogen (secondary N) is 2. The fraction of sp³-hybridized carbons (Fsp3) is 0.300. The standard InChI is InChI=1S/C20H21N5O4S/c1-10-14-11(2)21-19(20(3,4)5)22-18(14)30-15(10)17(27)24-23-16(26)12-7-6-8-13(9-12)25(28)29/h6-9H,1-5H3,(H,23,26)(H,24,27). The van der Waals surface area contributed by atoms with E-state index in [0.717, 1.165) is 22.7 Å². The third kappa shape index (κ3) is 4.13. The second-order valence-corrected chi connectivity index (χ2v) is 8.83. The van der Waals surface area contributed by atoms with Crippen molar-refractivity contribution in [2.24, 2.45) is 0 Å². The number of hydrogen-bond acceptors (Lipinski definition) is 7. The predicted molar refractivity (Wildman–Crippen MR) is 114 cm³/mol. The highest BCUT2D eigenvalue weighted by Gasteiger charge is 2.23. The lowest BCUT2D eigenvalue weighted by Gasteiger charge is -2.16. The van der Waals surface area contributed by atoms with Crippen molar-refractivity contribution in [3.63, 3.8) is 0 Å². The molecule has 10 heteroatoms. The number of benzene rings is 1. The number of carbonyl (C=O) groups is 2. The van der Waals surface area contributed by atoms with Gasteiger partial charge in [0.05, 0.1) is 15.5 Å². The molecule has 2 amide bonds. The molecule has 3 aromatic rings. The van der Waals surface area contributed by atoms with Crippen LogP contribution in [0.5, 0.6) is 0 Å². The van der Waals surface area contributed by atoms with Crippen LogP contribution in [0.15, 0.2) is 24.3 Å². The Labute approximate surface area is 176 Å². The largest absolute Gasteiger partial charge is 0.280 e. The molecule has 2 N–H and O–H groups in total. The van der Waals surface area contributed by atoms with E-state index in [9.17, 15) is 19.7 Å². The van der Waals surface area contributed by atoms with Gasteiger partial charge in [0.25, 0.3) is 17.5 Å². The molecule has 0 saturated heterocycles. The molecule has 0 unspecified atom stereocenters. The first kappa shape index (κ1) is 21.3. The van der Waals surface area contributed by atoms with E-state index >= 15 is 0 Å². The topological polar surface area (TPSA) is 127 Å². The minimum Gasteiger partial charge on any atom is -0.267 e. The molecular formula is C20H21N5O4S. The number of nitro benzene ring substituents is 1. The first-order valence-electron chi connectivity index (χ1n) is 9.12. The summed E-state index contributed by atoms with van der Waals surface area (Å²) in [7, 11) is 0. The Morgan fingerprint density at radius 1 is 1.10 bits per heavy atom. The molecule has 2 aromatic heterocycles. The van der Waals surface area contributed by atoms with E-state index < -0.39 is 16.7 Å². The molecule has 156 valence electrons. The van der Waals surface area contributed by atoms with Crippen LogP contribution in [0, 0.1) is 24.0 Å². The third-order valence-corrected chi connectivity index (χ3v) is 5.64. The Kier molecular flexibility index (Phi) is 5.53. The summed E-state index contributed by atoms with van der Waals surface area (Å²) < 4.78 is 0. The number of carbonyl (C=O) groups excluding carboxylic acids is 2. The van der Waals surface area contributed by atoms with Crippen LogP contribution in [-0.2, 0) is 5.41 Å². The maximum absolute atomic E-state index is 12.7. The Morgan fingerprint density at radius 2 is 1.77 bits per heavy atom. The van der Waals surface area contributed by atoms with Gasteiger partial charge in [-0.25, -0.2) is 9.97 Å².